The first-order valence-electron chi connectivity index (χ1n) is 8.02. The van der Waals surface area contributed by atoms with Gasteiger partial charge in [0.05, 0.1) is 0 Å². The highest BCUT2D eigenvalue weighted by molar-refractivity contribution is 5.73. The predicted octanol–water partition coefficient (Wildman–Crippen LogP) is 1.88. The van der Waals surface area contributed by atoms with E-state index in [-0.39, 0.29) is 17.4 Å². The number of likely N-dealkylation sites (tertiary alicyclic amines) is 1. The van der Waals surface area contributed by atoms with E-state index in [1.165, 1.54) is 0 Å². The molecule has 4 heterocycles. The number of carbonyl (C=O) groups excluding carboxylic acids is 1. The van der Waals surface area contributed by atoms with Gasteiger partial charge in [0.2, 0.25) is 5.91 Å². The third kappa shape index (κ3) is 2.46. The van der Waals surface area contributed by atoms with E-state index in [0.29, 0.717) is 19.0 Å². The van der Waals surface area contributed by atoms with E-state index in [2.05, 4.69) is 11.1 Å². The van der Waals surface area contributed by atoms with Crippen LogP contribution in [0.3, 0.4) is 0 Å². The summed E-state index contributed by atoms with van der Waals surface area (Å²) in [5, 5.41) is 0. The third-order valence-corrected chi connectivity index (χ3v) is 5.00. The Labute approximate surface area is 134 Å². The fraction of sp³-hybridized carbons (Fsp3) is 0.389. The molecule has 0 saturated carbocycles. The quantitative estimate of drug-likeness (QED) is 0.808. The lowest BCUT2D eigenvalue weighted by atomic mass is 9.82. The smallest absolute Gasteiger partial charge is 0.251 e. The van der Waals surface area contributed by atoms with Crippen LogP contribution >= 0.6 is 0 Å². The molecule has 5 heteroatoms. The van der Waals surface area contributed by atoms with Crippen molar-refractivity contribution in [1.29, 1.82) is 0 Å². The number of hydrogen-bond donors (Lipinski definition) is 0. The molecule has 2 aromatic heterocycles. The second-order valence-electron chi connectivity index (χ2n) is 6.58. The maximum absolute atomic E-state index is 12.6. The molecular formula is C18H19N3O2. The van der Waals surface area contributed by atoms with Crippen LogP contribution in [0.1, 0.15) is 25.0 Å². The highest BCUT2D eigenvalue weighted by atomic mass is 16.2. The topological polar surface area (TPSA) is 55.2 Å². The van der Waals surface area contributed by atoms with Crippen LogP contribution in [-0.4, -0.2) is 33.4 Å². The largest absolute Gasteiger partial charge is 0.342 e. The normalized spacial score (nSPS) is 22.6. The van der Waals surface area contributed by atoms with Gasteiger partial charge in [0.1, 0.15) is 0 Å². The van der Waals surface area contributed by atoms with E-state index in [9.17, 15) is 9.59 Å². The molecule has 2 atom stereocenters. The van der Waals surface area contributed by atoms with Crippen LogP contribution in [0.2, 0.25) is 0 Å². The Morgan fingerprint density at radius 2 is 2.09 bits per heavy atom. The Bertz CT molecular complexity index is 813. The van der Waals surface area contributed by atoms with Crippen molar-refractivity contribution in [2.75, 3.05) is 13.1 Å². The summed E-state index contributed by atoms with van der Waals surface area (Å²) in [6, 6.07) is 7.64. The Hall–Kier alpha value is -2.43. The second-order valence-corrected chi connectivity index (χ2v) is 6.58. The lowest BCUT2D eigenvalue weighted by molar-refractivity contribution is -0.131. The van der Waals surface area contributed by atoms with Gasteiger partial charge in [-0.25, -0.2) is 0 Å². The van der Waals surface area contributed by atoms with Crippen LogP contribution in [0, 0.1) is 5.92 Å². The number of carbonyl (C=O) groups is 1. The van der Waals surface area contributed by atoms with Crippen molar-refractivity contribution in [2.45, 2.75) is 25.8 Å². The predicted molar refractivity (Wildman–Crippen MR) is 87.0 cm³/mol. The van der Waals surface area contributed by atoms with Crippen molar-refractivity contribution >= 4 is 5.91 Å². The Morgan fingerprint density at radius 1 is 1.22 bits per heavy atom. The zero-order chi connectivity index (χ0) is 16.0. The van der Waals surface area contributed by atoms with Crippen molar-refractivity contribution in [2.24, 2.45) is 5.92 Å². The van der Waals surface area contributed by atoms with Gasteiger partial charge in [-0.15, -0.1) is 0 Å². The minimum absolute atomic E-state index is 0.0485. The average Bonchev–Trinajstić information content (AvgIpc) is 2.56. The molecule has 1 saturated heterocycles. The molecule has 0 radical (unpaired) electrons. The van der Waals surface area contributed by atoms with Gasteiger partial charge in [0.25, 0.3) is 5.56 Å². The summed E-state index contributed by atoms with van der Waals surface area (Å²) in [6.45, 7) is 3.81. The summed E-state index contributed by atoms with van der Waals surface area (Å²) in [5.41, 5.74) is 2.97. The van der Waals surface area contributed by atoms with Gasteiger partial charge in [-0.05, 0) is 30.0 Å². The van der Waals surface area contributed by atoms with E-state index in [0.717, 1.165) is 29.8 Å². The van der Waals surface area contributed by atoms with E-state index in [4.69, 9.17) is 0 Å². The van der Waals surface area contributed by atoms with Crippen molar-refractivity contribution in [3.05, 3.63) is 52.7 Å². The van der Waals surface area contributed by atoms with Gasteiger partial charge in [-0.1, -0.05) is 6.07 Å². The van der Waals surface area contributed by atoms with E-state index in [1.807, 2.05) is 21.6 Å². The van der Waals surface area contributed by atoms with Gasteiger partial charge in [-0.2, -0.15) is 0 Å². The molecule has 5 nitrogen and oxygen atoms in total. The first kappa shape index (κ1) is 14.2. The maximum Gasteiger partial charge on any atom is 0.251 e. The number of rotatable bonds is 1. The number of pyridine rings is 2. The number of piperidine rings is 1. The van der Waals surface area contributed by atoms with Crippen LogP contribution in [0.5, 0.6) is 0 Å². The van der Waals surface area contributed by atoms with Crippen molar-refractivity contribution < 1.29 is 4.79 Å². The van der Waals surface area contributed by atoms with E-state index >= 15 is 0 Å². The molecule has 0 N–H and O–H groups in total. The molecule has 4 rings (SSSR count). The molecule has 1 fully saturated rings. The SMILES string of the molecule is CC(=O)N1C[C@@H]2C[C@H](C1)c1cc(-c3cccnc3)cc(=O)n1C2. The van der Waals surface area contributed by atoms with Crippen molar-refractivity contribution in [3.8, 4) is 11.1 Å². The molecule has 2 aromatic rings. The second kappa shape index (κ2) is 5.33. The Morgan fingerprint density at radius 3 is 2.83 bits per heavy atom. The molecule has 23 heavy (non-hydrogen) atoms. The average molecular weight is 309 g/mol. The zero-order valence-corrected chi connectivity index (χ0v) is 13.1. The van der Waals surface area contributed by atoms with Crippen LogP contribution < -0.4 is 5.56 Å². The zero-order valence-electron chi connectivity index (χ0n) is 13.1. The third-order valence-electron chi connectivity index (χ3n) is 5.00. The molecule has 0 spiro atoms. The molecule has 2 aliphatic rings. The molecule has 1 amide bonds. The standard InChI is InChI=1S/C18H19N3O2/c1-12(22)20-9-13-5-16(11-20)17-6-15(7-18(23)21(17)10-13)14-3-2-4-19-8-14/h2-4,6-8,13,16H,5,9-11H2,1H3/t13-,16+/m0/s1. The molecular weight excluding hydrogens is 290 g/mol. The fourth-order valence-electron chi connectivity index (χ4n) is 3.92. The van der Waals surface area contributed by atoms with Crippen LogP contribution in [-0.2, 0) is 11.3 Å². The van der Waals surface area contributed by atoms with Crippen LogP contribution in [0.15, 0.2) is 41.5 Å². The minimum atomic E-state index is 0.0485. The van der Waals surface area contributed by atoms with E-state index < -0.39 is 0 Å². The molecule has 0 aliphatic carbocycles. The molecule has 0 aromatic carbocycles. The van der Waals surface area contributed by atoms with Gasteiger partial charge in [-0.3, -0.25) is 14.6 Å². The highest BCUT2D eigenvalue weighted by Gasteiger charge is 2.35. The van der Waals surface area contributed by atoms with E-state index in [1.54, 1.807) is 25.4 Å². The number of amides is 1. The van der Waals surface area contributed by atoms with Gasteiger partial charge < -0.3 is 9.47 Å². The number of aromatic nitrogens is 2. The molecule has 2 aliphatic heterocycles. The molecule has 0 unspecified atom stereocenters. The van der Waals surface area contributed by atoms with Crippen molar-refractivity contribution in [3.63, 3.8) is 0 Å². The summed E-state index contributed by atoms with van der Waals surface area (Å²) in [6.07, 6.45) is 4.56. The lowest BCUT2D eigenvalue weighted by Gasteiger charge is -2.42. The highest BCUT2D eigenvalue weighted by Crippen LogP contribution is 2.36. The van der Waals surface area contributed by atoms with Crippen molar-refractivity contribution in [1.82, 2.24) is 14.5 Å². The minimum Gasteiger partial charge on any atom is -0.342 e. The van der Waals surface area contributed by atoms with Crippen LogP contribution in [0.4, 0.5) is 0 Å². The monoisotopic (exact) mass is 309 g/mol. The lowest BCUT2D eigenvalue weighted by Crippen LogP contribution is -2.48. The number of hydrogen-bond acceptors (Lipinski definition) is 3. The Kier molecular flexibility index (Phi) is 3.29. The first-order valence-corrected chi connectivity index (χ1v) is 8.02. The van der Waals surface area contributed by atoms with Crippen LogP contribution in [0.25, 0.3) is 11.1 Å². The fourth-order valence-corrected chi connectivity index (χ4v) is 3.92. The Balaban J connectivity index is 1.79. The summed E-state index contributed by atoms with van der Waals surface area (Å²) in [4.78, 5) is 30.4. The van der Waals surface area contributed by atoms with Gasteiger partial charge in [0, 0.05) is 62.2 Å². The summed E-state index contributed by atoms with van der Waals surface area (Å²) >= 11 is 0. The molecule has 118 valence electrons. The first-order chi connectivity index (χ1) is 11.1. The number of nitrogens with zero attached hydrogens (tertiary/aromatic N) is 3. The maximum atomic E-state index is 12.6. The summed E-state index contributed by atoms with van der Waals surface area (Å²) in [7, 11) is 0. The molecule has 2 bridgehead atoms. The van der Waals surface area contributed by atoms with Gasteiger partial charge >= 0.3 is 0 Å². The number of fused-ring (bicyclic) bond motifs is 4. The summed E-state index contributed by atoms with van der Waals surface area (Å²) < 4.78 is 1.90. The van der Waals surface area contributed by atoms with Gasteiger partial charge in [0.15, 0.2) is 0 Å². The summed E-state index contributed by atoms with van der Waals surface area (Å²) in [5.74, 6) is 0.752.